The van der Waals surface area contributed by atoms with Crippen LogP contribution in [-0.2, 0) is 6.42 Å². The lowest BCUT2D eigenvalue weighted by Crippen LogP contribution is -2.04. The molecule has 0 spiro atoms. The van der Waals surface area contributed by atoms with Gasteiger partial charge in [0.2, 0.25) is 0 Å². The zero-order valence-electron chi connectivity index (χ0n) is 9.80. The largest absolute Gasteiger partial charge is 0.493 e. The van der Waals surface area contributed by atoms with Crippen LogP contribution in [0, 0.1) is 0 Å². The van der Waals surface area contributed by atoms with E-state index in [1.165, 1.54) is 4.88 Å². The number of hydrogen-bond acceptors (Lipinski definition) is 3. The maximum Gasteiger partial charge on any atom is 0.125 e. The molecule has 17 heavy (non-hydrogen) atoms. The van der Waals surface area contributed by atoms with Crippen molar-refractivity contribution in [1.29, 1.82) is 0 Å². The molecular weight excluding hydrogens is 232 g/mol. The molecule has 0 radical (unpaired) electrons. The van der Waals surface area contributed by atoms with Gasteiger partial charge in [0.05, 0.1) is 12.7 Å². The molecule has 1 unspecified atom stereocenters. The first kappa shape index (κ1) is 12.1. The van der Waals surface area contributed by atoms with Crippen molar-refractivity contribution in [2.45, 2.75) is 19.4 Å². The molecule has 0 saturated carbocycles. The van der Waals surface area contributed by atoms with Crippen LogP contribution >= 0.6 is 11.3 Å². The summed E-state index contributed by atoms with van der Waals surface area (Å²) in [7, 11) is 0. The van der Waals surface area contributed by atoms with E-state index in [0.29, 0.717) is 13.0 Å². The van der Waals surface area contributed by atoms with Crippen LogP contribution in [0.2, 0.25) is 0 Å². The van der Waals surface area contributed by atoms with Crippen molar-refractivity contribution in [2.75, 3.05) is 6.61 Å². The Labute approximate surface area is 105 Å². The standard InChI is InChI=1S/C14H16O2S/c1-2-16-14-8-4-3-7-12(14)13(15)10-11-6-5-9-17-11/h3-9,13,15H,2,10H2,1H3. The van der Waals surface area contributed by atoms with Gasteiger partial charge in [-0.2, -0.15) is 0 Å². The topological polar surface area (TPSA) is 29.5 Å². The molecule has 2 rings (SSSR count). The molecule has 0 fully saturated rings. The van der Waals surface area contributed by atoms with Crippen molar-refractivity contribution in [1.82, 2.24) is 0 Å². The van der Waals surface area contributed by atoms with Gasteiger partial charge in [0.15, 0.2) is 0 Å². The first-order valence-electron chi connectivity index (χ1n) is 5.73. The molecule has 0 aliphatic rings. The summed E-state index contributed by atoms with van der Waals surface area (Å²) in [5, 5.41) is 12.3. The van der Waals surface area contributed by atoms with Crippen molar-refractivity contribution < 1.29 is 9.84 Å². The maximum absolute atomic E-state index is 10.2. The minimum Gasteiger partial charge on any atom is -0.493 e. The van der Waals surface area contributed by atoms with Crippen LogP contribution in [0.3, 0.4) is 0 Å². The highest BCUT2D eigenvalue weighted by molar-refractivity contribution is 7.09. The maximum atomic E-state index is 10.2. The number of hydrogen-bond donors (Lipinski definition) is 1. The lowest BCUT2D eigenvalue weighted by Gasteiger charge is -2.14. The molecule has 0 bridgehead atoms. The molecule has 1 aromatic carbocycles. The monoisotopic (exact) mass is 248 g/mol. The highest BCUT2D eigenvalue weighted by Crippen LogP contribution is 2.28. The minimum absolute atomic E-state index is 0.503. The molecule has 0 saturated heterocycles. The van der Waals surface area contributed by atoms with Gasteiger partial charge in [0.25, 0.3) is 0 Å². The lowest BCUT2D eigenvalue weighted by molar-refractivity contribution is 0.173. The summed E-state index contributed by atoms with van der Waals surface area (Å²) in [6.07, 6.45) is 0.137. The van der Waals surface area contributed by atoms with Crippen LogP contribution in [0.4, 0.5) is 0 Å². The number of para-hydroxylation sites is 1. The van der Waals surface area contributed by atoms with Gasteiger partial charge < -0.3 is 9.84 Å². The molecule has 0 aliphatic carbocycles. The molecule has 0 amide bonds. The molecule has 2 nitrogen and oxygen atoms in total. The normalized spacial score (nSPS) is 12.4. The molecule has 1 N–H and O–H groups in total. The van der Waals surface area contributed by atoms with Gasteiger partial charge in [0.1, 0.15) is 5.75 Å². The zero-order valence-corrected chi connectivity index (χ0v) is 10.6. The fourth-order valence-corrected chi connectivity index (χ4v) is 2.52. The number of aliphatic hydroxyl groups is 1. The van der Waals surface area contributed by atoms with Crippen LogP contribution in [0.25, 0.3) is 0 Å². The van der Waals surface area contributed by atoms with E-state index in [9.17, 15) is 5.11 Å². The third-order valence-electron chi connectivity index (χ3n) is 2.55. The van der Waals surface area contributed by atoms with Crippen molar-refractivity contribution in [3.8, 4) is 5.75 Å². The molecule has 0 aliphatic heterocycles. The van der Waals surface area contributed by atoms with Crippen LogP contribution in [-0.4, -0.2) is 11.7 Å². The molecular formula is C14H16O2S. The van der Waals surface area contributed by atoms with E-state index >= 15 is 0 Å². The summed E-state index contributed by atoms with van der Waals surface area (Å²) in [5.41, 5.74) is 0.864. The van der Waals surface area contributed by atoms with Gasteiger partial charge in [-0.05, 0) is 24.4 Å². The SMILES string of the molecule is CCOc1ccccc1C(O)Cc1cccs1. The third kappa shape index (κ3) is 3.08. The number of aliphatic hydroxyl groups excluding tert-OH is 1. The highest BCUT2D eigenvalue weighted by Gasteiger charge is 2.13. The summed E-state index contributed by atoms with van der Waals surface area (Å²) in [6.45, 7) is 2.56. The third-order valence-corrected chi connectivity index (χ3v) is 3.45. The quantitative estimate of drug-likeness (QED) is 0.878. The summed E-state index contributed by atoms with van der Waals surface area (Å²) in [6, 6.07) is 11.7. The molecule has 2 aromatic rings. The Morgan fingerprint density at radius 3 is 2.76 bits per heavy atom. The number of thiophene rings is 1. The van der Waals surface area contributed by atoms with Crippen LogP contribution in [0.1, 0.15) is 23.5 Å². The predicted octanol–water partition coefficient (Wildman–Crippen LogP) is 3.42. The number of rotatable bonds is 5. The van der Waals surface area contributed by atoms with Crippen LogP contribution in [0.5, 0.6) is 5.75 Å². The zero-order chi connectivity index (χ0) is 12.1. The van der Waals surface area contributed by atoms with Crippen LogP contribution in [0.15, 0.2) is 41.8 Å². The second kappa shape index (κ2) is 5.84. The minimum atomic E-state index is -0.503. The summed E-state index contributed by atoms with van der Waals surface area (Å²) >= 11 is 1.66. The van der Waals surface area contributed by atoms with E-state index in [2.05, 4.69) is 0 Å². The highest BCUT2D eigenvalue weighted by atomic mass is 32.1. The first-order chi connectivity index (χ1) is 8.31. The number of ether oxygens (including phenoxy) is 1. The van der Waals surface area contributed by atoms with Crippen molar-refractivity contribution >= 4 is 11.3 Å². The molecule has 3 heteroatoms. The van der Waals surface area contributed by atoms with Gasteiger partial charge >= 0.3 is 0 Å². The van der Waals surface area contributed by atoms with Crippen LogP contribution < -0.4 is 4.74 Å². The molecule has 1 heterocycles. The smallest absolute Gasteiger partial charge is 0.125 e. The van der Waals surface area contributed by atoms with E-state index in [0.717, 1.165) is 11.3 Å². The Balaban J connectivity index is 2.15. The Morgan fingerprint density at radius 1 is 1.24 bits per heavy atom. The van der Waals surface area contributed by atoms with E-state index < -0.39 is 6.10 Å². The Bertz CT molecular complexity index is 451. The summed E-state index contributed by atoms with van der Waals surface area (Å²) < 4.78 is 5.52. The number of benzene rings is 1. The average molecular weight is 248 g/mol. The summed E-state index contributed by atoms with van der Waals surface area (Å²) in [5.74, 6) is 0.777. The lowest BCUT2D eigenvalue weighted by atomic mass is 10.0. The fourth-order valence-electron chi connectivity index (χ4n) is 1.77. The average Bonchev–Trinajstić information content (AvgIpc) is 2.83. The van der Waals surface area contributed by atoms with E-state index in [-0.39, 0.29) is 0 Å². The first-order valence-corrected chi connectivity index (χ1v) is 6.61. The predicted molar refractivity (Wildman–Crippen MR) is 70.6 cm³/mol. The van der Waals surface area contributed by atoms with Gasteiger partial charge in [-0.15, -0.1) is 11.3 Å². The van der Waals surface area contributed by atoms with Crippen molar-refractivity contribution in [3.05, 3.63) is 52.2 Å². The Kier molecular flexibility index (Phi) is 4.18. The van der Waals surface area contributed by atoms with Gasteiger partial charge in [0, 0.05) is 16.9 Å². The Morgan fingerprint density at radius 2 is 2.06 bits per heavy atom. The second-order valence-electron chi connectivity index (χ2n) is 3.77. The van der Waals surface area contributed by atoms with E-state index in [1.54, 1.807) is 11.3 Å². The van der Waals surface area contributed by atoms with Gasteiger partial charge in [-0.25, -0.2) is 0 Å². The summed E-state index contributed by atoms with van der Waals surface area (Å²) in [4.78, 5) is 1.18. The van der Waals surface area contributed by atoms with E-state index in [4.69, 9.17) is 4.74 Å². The van der Waals surface area contributed by atoms with E-state index in [1.807, 2.05) is 48.7 Å². The van der Waals surface area contributed by atoms with Crippen molar-refractivity contribution in [2.24, 2.45) is 0 Å². The van der Waals surface area contributed by atoms with Gasteiger partial charge in [-0.3, -0.25) is 0 Å². The fraction of sp³-hybridized carbons (Fsp3) is 0.286. The van der Waals surface area contributed by atoms with Crippen molar-refractivity contribution in [3.63, 3.8) is 0 Å². The Hall–Kier alpha value is -1.32. The molecule has 1 atom stereocenters. The second-order valence-corrected chi connectivity index (χ2v) is 4.80. The van der Waals surface area contributed by atoms with Gasteiger partial charge in [-0.1, -0.05) is 24.3 Å². The molecule has 90 valence electrons. The molecule has 1 aromatic heterocycles.